The number of unbranched alkanes of at least 4 members (excludes halogenated alkanes) is 2. The van der Waals surface area contributed by atoms with Crippen LogP contribution in [0.3, 0.4) is 0 Å². The van der Waals surface area contributed by atoms with Crippen molar-refractivity contribution in [1.82, 2.24) is 9.88 Å². The maximum absolute atomic E-state index is 12.6. The zero-order chi connectivity index (χ0) is 19.2. The third kappa shape index (κ3) is 5.05. The van der Waals surface area contributed by atoms with Gasteiger partial charge in [-0.15, -0.1) is 0 Å². The summed E-state index contributed by atoms with van der Waals surface area (Å²) in [5.74, 6) is 0.361. The Morgan fingerprint density at radius 1 is 1.22 bits per heavy atom. The van der Waals surface area contributed by atoms with Crippen molar-refractivity contribution in [1.29, 1.82) is 0 Å². The van der Waals surface area contributed by atoms with Crippen molar-refractivity contribution in [2.24, 2.45) is 0 Å². The lowest BCUT2D eigenvalue weighted by atomic mass is 10.2. The zero-order valence-corrected chi connectivity index (χ0v) is 16.1. The highest BCUT2D eigenvalue weighted by Gasteiger charge is 2.31. The van der Waals surface area contributed by atoms with Gasteiger partial charge in [0, 0.05) is 37.0 Å². The number of furan rings is 1. The molecule has 1 saturated heterocycles. The van der Waals surface area contributed by atoms with Crippen molar-refractivity contribution < 1.29 is 19.1 Å². The summed E-state index contributed by atoms with van der Waals surface area (Å²) in [6.07, 6.45) is 7.31. The van der Waals surface area contributed by atoms with Crippen LogP contribution in [-0.4, -0.2) is 37.7 Å². The van der Waals surface area contributed by atoms with Crippen LogP contribution in [0.25, 0.3) is 17.4 Å². The van der Waals surface area contributed by atoms with Crippen molar-refractivity contribution >= 4 is 46.3 Å². The number of hydrogen-bond donors (Lipinski definition) is 1. The minimum absolute atomic E-state index is 0.134. The average molecular weight is 402 g/mol. The number of carbonyl (C=O) groups excluding carboxylic acids is 1. The summed E-state index contributed by atoms with van der Waals surface area (Å²) < 4.78 is 6.32. The first kappa shape index (κ1) is 19.3. The maximum atomic E-state index is 12.6. The molecule has 2 aromatic rings. The first-order valence-electron chi connectivity index (χ1n) is 8.52. The quantitative estimate of drug-likeness (QED) is 0.403. The van der Waals surface area contributed by atoms with Crippen LogP contribution in [0.15, 0.2) is 46.0 Å². The van der Waals surface area contributed by atoms with Gasteiger partial charge in [0.2, 0.25) is 0 Å². The molecule has 0 bridgehead atoms. The number of carboxylic acids is 1. The highest BCUT2D eigenvalue weighted by Crippen LogP contribution is 2.33. The van der Waals surface area contributed by atoms with E-state index >= 15 is 0 Å². The van der Waals surface area contributed by atoms with Crippen LogP contribution < -0.4 is 0 Å². The molecule has 0 aliphatic carbocycles. The number of hydrogen-bond acceptors (Lipinski definition) is 6. The van der Waals surface area contributed by atoms with E-state index in [1.807, 2.05) is 24.3 Å². The van der Waals surface area contributed by atoms with Gasteiger partial charge in [-0.2, -0.15) is 0 Å². The number of carbonyl (C=O) groups is 2. The molecular formula is C19H18N2O4S2. The number of amides is 1. The van der Waals surface area contributed by atoms with E-state index in [0.717, 1.165) is 18.4 Å². The van der Waals surface area contributed by atoms with Crippen molar-refractivity contribution in [3.05, 3.63) is 47.3 Å². The van der Waals surface area contributed by atoms with E-state index < -0.39 is 5.97 Å². The first-order chi connectivity index (χ1) is 13.0. The van der Waals surface area contributed by atoms with Gasteiger partial charge < -0.3 is 9.52 Å². The fourth-order valence-electron chi connectivity index (χ4n) is 2.65. The summed E-state index contributed by atoms with van der Waals surface area (Å²) >= 11 is 6.56. The molecule has 27 heavy (non-hydrogen) atoms. The third-order valence-electron chi connectivity index (χ3n) is 4.01. The summed E-state index contributed by atoms with van der Waals surface area (Å²) in [5, 5.41) is 8.65. The van der Waals surface area contributed by atoms with Crippen LogP contribution in [-0.2, 0) is 9.59 Å². The highest BCUT2D eigenvalue weighted by molar-refractivity contribution is 8.26. The van der Waals surface area contributed by atoms with Gasteiger partial charge in [0.05, 0.1) is 4.91 Å². The minimum atomic E-state index is -0.798. The topological polar surface area (TPSA) is 83.6 Å². The van der Waals surface area contributed by atoms with Gasteiger partial charge in [0.25, 0.3) is 5.91 Å². The number of thioether (sulfide) groups is 1. The van der Waals surface area contributed by atoms with Crippen LogP contribution in [0, 0.1) is 0 Å². The second-order valence-corrected chi connectivity index (χ2v) is 7.65. The number of aliphatic carboxylic acids is 1. The summed E-state index contributed by atoms with van der Waals surface area (Å²) in [7, 11) is 0. The Morgan fingerprint density at radius 2 is 2.00 bits per heavy atom. The van der Waals surface area contributed by atoms with Gasteiger partial charge in [0.15, 0.2) is 0 Å². The molecular weight excluding hydrogens is 384 g/mol. The number of thiocarbonyl (C=S) groups is 1. The lowest BCUT2D eigenvalue weighted by Crippen LogP contribution is -2.29. The zero-order valence-electron chi connectivity index (χ0n) is 14.5. The van der Waals surface area contributed by atoms with Gasteiger partial charge in [-0.05, 0) is 37.1 Å². The number of nitrogens with zero attached hydrogens (tertiary/aromatic N) is 2. The average Bonchev–Trinajstić information content (AvgIpc) is 3.22. The Kier molecular flexibility index (Phi) is 6.41. The molecule has 3 heterocycles. The molecule has 1 amide bonds. The molecule has 1 N–H and O–H groups in total. The van der Waals surface area contributed by atoms with Crippen molar-refractivity contribution in [3.63, 3.8) is 0 Å². The normalized spacial score (nSPS) is 15.7. The molecule has 140 valence electrons. The smallest absolute Gasteiger partial charge is 0.303 e. The first-order valence-corrected chi connectivity index (χ1v) is 9.74. The number of rotatable bonds is 8. The fraction of sp³-hybridized carbons (Fsp3) is 0.263. The van der Waals surface area contributed by atoms with E-state index in [4.69, 9.17) is 21.7 Å². The Morgan fingerprint density at radius 3 is 2.74 bits per heavy atom. The Labute approximate surface area is 166 Å². The van der Waals surface area contributed by atoms with Crippen LogP contribution in [0.4, 0.5) is 0 Å². The second kappa shape index (κ2) is 8.96. The van der Waals surface area contributed by atoms with Crippen molar-refractivity contribution in [3.8, 4) is 11.3 Å². The molecule has 0 aromatic carbocycles. The van der Waals surface area contributed by atoms with Crippen LogP contribution >= 0.6 is 24.0 Å². The Bertz CT molecular complexity index is 877. The summed E-state index contributed by atoms with van der Waals surface area (Å²) in [4.78, 5) is 29.2. The molecule has 6 nitrogen and oxygen atoms in total. The third-order valence-corrected chi connectivity index (χ3v) is 5.39. The largest absolute Gasteiger partial charge is 0.481 e. The van der Waals surface area contributed by atoms with E-state index in [2.05, 4.69) is 4.98 Å². The van der Waals surface area contributed by atoms with Gasteiger partial charge in [-0.3, -0.25) is 19.5 Å². The molecule has 8 heteroatoms. The van der Waals surface area contributed by atoms with Crippen molar-refractivity contribution in [2.45, 2.75) is 25.7 Å². The number of aromatic nitrogens is 1. The Hall–Kier alpha value is -2.45. The van der Waals surface area contributed by atoms with E-state index in [9.17, 15) is 9.59 Å². The Balaban J connectivity index is 1.61. The molecule has 0 radical (unpaired) electrons. The molecule has 0 atom stereocenters. The van der Waals surface area contributed by atoms with Crippen LogP contribution in [0.5, 0.6) is 0 Å². The summed E-state index contributed by atoms with van der Waals surface area (Å²) in [6, 6.07) is 7.37. The van der Waals surface area contributed by atoms with Crippen LogP contribution in [0.2, 0.25) is 0 Å². The highest BCUT2D eigenvalue weighted by atomic mass is 32.2. The minimum Gasteiger partial charge on any atom is -0.481 e. The van der Waals surface area contributed by atoms with E-state index in [-0.39, 0.29) is 12.3 Å². The maximum Gasteiger partial charge on any atom is 0.303 e. The predicted octanol–water partition coefficient (Wildman–Crippen LogP) is 4.19. The SMILES string of the molecule is O=C(O)CCCCCN1C(=O)/C(=C\c2ccc(-c3ccncc3)o2)SC1=S. The lowest BCUT2D eigenvalue weighted by Gasteiger charge is -2.13. The number of pyridine rings is 1. The molecule has 1 aliphatic heterocycles. The molecule has 1 aliphatic rings. The standard InChI is InChI=1S/C19H18N2O4S2/c22-17(23)4-2-1-3-11-21-18(24)16(27-19(21)26)12-14-5-6-15(25-14)13-7-9-20-10-8-13/h5-10,12H,1-4,11H2,(H,22,23)/b16-12+. The fourth-order valence-corrected chi connectivity index (χ4v) is 3.94. The van der Waals surface area contributed by atoms with Gasteiger partial charge in [0.1, 0.15) is 15.8 Å². The van der Waals surface area contributed by atoms with E-state index in [0.29, 0.717) is 33.7 Å². The van der Waals surface area contributed by atoms with Gasteiger partial charge >= 0.3 is 5.97 Å². The molecule has 3 rings (SSSR count). The van der Waals surface area contributed by atoms with E-state index in [1.54, 1.807) is 23.4 Å². The van der Waals surface area contributed by atoms with Gasteiger partial charge in [-0.1, -0.05) is 30.4 Å². The second-order valence-electron chi connectivity index (χ2n) is 5.98. The number of carboxylic acid groups (broad SMARTS) is 1. The summed E-state index contributed by atoms with van der Waals surface area (Å²) in [6.45, 7) is 0.502. The lowest BCUT2D eigenvalue weighted by molar-refractivity contribution is -0.137. The monoisotopic (exact) mass is 402 g/mol. The molecule has 0 unspecified atom stereocenters. The van der Waals surface area contributed by atoms with Gasteiger partial charge in [-0.25, -0.2) is 0 Å². The molecule has 1 fully saturated rings. The molecule has 2 aromatic heterocycles. The summed E-state index contributed by atoms with van der Waals surface area (Å²) in [5.41, 5.74) is 0.915. The van der Waals surface area contributed by atoms with Crippen LogP contribution in [0.1, 0.15) is 31.4 Å². The van der Waals surface area contributed by atoms with E-state index in [1.165, 1.54) is 11.8 Å². The molecule has 0 saturated carbocycles. The molecule has 0 spiro atoms. The van der Waals surface area contributed by atoms with Crippen molar-refractivity contribution in [2.75, 3.05) is 6.54 Å². The predicted molar refractivity (Wildman–Crippen MR) is 108 cm³/mol.